The molecule has 35 heavy (non-hydrogen) atoms. The van der Waals surface area contributed by atoms with E-state index in [1.165, 1.54) is 0 Å². The molecule has 4 aromatic rings. The second-order valence-corrected chi connectivity index (χ2v) is 8.37. The number of allylic oxidation sites excluding steroid dienone is 2. The third kappa shape index (κ3) is 4.07. The topological polar surface area (TPSA) is 117 Å². The van der Waals surface area contributed by atoms with E-state index in [4.69, 9.17) is 24.9 Å². The molecule has 178 valence electrons. The molecule has 2 heterocycles. The van der Waals surface area contributed by atoms with Crippen molar-refractivity contribution in [3.8, 4) is 28.6 Å². The molecule has 0 fully saturated rings. The molecule has 0 aliphatic heterocycles. The van der Waals surface area contributed by atoms with Gasteiger partial charge in [-0.1, -0.05) is 24.3 Å². The van der Waals surface area contributed by atoms with E-state index >= 15 is 0 Å². The molecule has 8 nitrogen and oxygen atoms in total. The third-order valence-corrected chi connectivity index (χ3v) is 6.30. The van der Waals surface area contributed by atoms with Gasteiger partial charge in [0.05, 0.1) is 19.7 Å². The molecule has 0 saturated carbocycles. The average Bonchev–Trinajstić information content (AvgIpc) is 3.25. The molecule has 0 atom stereocenters. The summed E-state index contributed by atoms with van der Waals surface area (Å²) < 4.78 is 16.5. The van der Waals surface area contributed by atoms with E-state index in [0.717, 1.165) is 34.6 Å². The molecule has 0 bridgehead atoms. The first kappa shape index (κ1) is 22.5. The lowest BCUT2D eigenvalue weighted by Gasteiger charge is -2.17. The van der Waals surface area contributed by atoms with Gasteiger partial charge in [-0.25, -0.2) is 9.78 Å². The summed E-state index contributed by atoms with van der Waals surface area (Å²) in [6.07, 6.45) is 3.42. The molecule has 0 radical (unpaired) electrons. The van der Waals surface area contributed by atoms with Gasteiger partial charge in [0.1, 0.15) is 17.2 Å². The lowest BCUT2D eigenvalue weighted by atomic mass is 9.91. The molecule has 0 spiro atoms. The molecule has 2 aromatic heterocycles. The number of nitrogens with one attached hydrogen (secondary N) is 1. The number of nitrogens with zero attached hydrogens (tertiary/aromatic N) is 1. The molecule has 1 aliphatic carbocycles. The van der Waals surface area contributed by atoms with Gasteiger partial charge < -0.3 is 24.9 Å². The molecular formula is C27H25N3O5. The highest BCUT2D eigenvalue weighted by atomic mass is 16.6. The zero-order chi connectivity index (χ0) is 24.5. The first-order valence-corrected chi connectivity index (χ1v) is 11.4. The fraction of sp³-hybridized carbons (Fsp3) is 0.222. The highest BCUT2D eigenvalue weighted by Gasteiger charge is 2.26. The number of carbonyl (C=O) groups is 2. The number of Topliss-reactive ketones (excluding diaryl/α,β-unsaturated/α-hetero) is 1. The van der Waals surface area contributed by atoms with Crippen LogP contribution in [0.15, 0.2) is 54.1 Å². The maximum Gasteiger partial charge on any atom is 0.411 e. The number of amides is 1. The van der Waals surface area contributed by atoms with Gasteiger partial charge in [-0.05, 0) is 42.7 Å². The summed E-state index contributed by atoms with van der Waals surface area (Å²) in [5.74, 6) is 1.34. The Hall–Kier alpha value is -4.33. The number of hydrogen-bond donors (Lipinski definition) is 2. The first-order chi connectivity index (χ1) is 17.0. The summed E-state index contributed by atoms with van der Waals surface area (Å²) in [5, 5.41) is 1.73. The minimum atomic E-state index is -0.981. The number of benzene rings is 2. The van der Waals surface area contributed by atoms with Crippen LogP contribution in [0.25, 0.3) is 33.1 Å². The number of rotatable bonds is 6. The van der Waals surface area contributed by atoms with Gasteiger partial charge in [0.15, 0.2) is 5.78 Å². The van der Waals surface area contributed by atoms with Crippen molar-refractivity contribution in [2.45, 2.75) is 25.7 Å². The monoisotopic (exact) mass is 471 g/mol. The zero-order valence-electron chi connectivity index (χ0n) is 19.5. The van der Waals surface area contributed by atoms with Crippen molar-refractivity contribution in [3.05, 3.63) is 59.7 Å². The number of aromatic nitrogens is 2. The maximum absolute atomic E-state index is 12.7. The average molecular weight is 472 g/mol. The van der Waals surface area contributed by atoms with Crippen LogP contribution < -0.4 is 19.9 Å². The van der Waals surface area contributed by atoms with Crippen LogP contribution in [-0.2, 0) is 11.2 Å². The molecule has 1 amide bonds. The van der Waals surface area contributed by atoms with E-state index in [0.29, 0.717) is 40.3 Å². The Morgan fingerprint density at radius 1 is 1.14 bits per heavy atom. The number of pyridine rings is 1. The fourth-order valence-electron chi connectivity index (χ4n) is 4.68. The normalized spacial score (nSPS) is 13.7. The maximum atomic E-state index is 12.7. The van der Waals surface area contributed by atoms with Gasteiger partial charge in [0, 0.05) is 40.3 Å². The van der Waals surface area contributed by atoms with Crippen molar-refractivity contribution in [1.29, 1.82) is 0 Å². The van der Waals surface area contributed by atoms with Crippen molar-refractivity contribution in [2.75, 3.05) is 14.2 Å². The Bertz CT molecular complexity index is 1500. The number of fused-ring (bicyclic) bond motifs is 3. The number of ether oxygens (including phenoxy) is 3. The zero-order valence-corrected chi connectivity index (χ0v) is 19.5. The third-order valence-electron chi connectivity index (χ3n) is 6.30. The number of carbonyl (C=O) groups excluding carboxylic acids is 2. The van der Waals surface area contributed by atoms with Gasteiger partial charge >= 0.3 is 6.09 Å². The number of primary amides is 1. The van der Waals surface area contributed by atoms with Crippen LogP contribution in [0, 0.1) is 0 Å². The minimum absolute atomic E-state index is 0.0638. The molecule has 1 aliphatic rings. The van der Waals surface area contributed by atoms with Crippen LogP contribution in [-0.4, -0.2) is 36.1 Å². The van der Waals surface area contributed by atoms with Crippen LogP contribution in [0.5, 0.6) is 17.4 Å². The standard InChI is InChI=1S/C27H25N3O5/c1-33-16-11-12-22(34-2)18(14-16)24-25-23(17-8-4-5-9-20(17)29-25)19(26(30-24)35-27(28)32)13-15-7-3-6-10-21(15)31/h4-5,7-9,11-12,14,29H,3,6,10,13H2,1-2H3,(H2,28,32). The van der Waals surface area contributed by atoms with E-state index in [9.17, 15) is 9.59 Å². The Morgan fingerprint density at radius 2 is 1.97 bits per heavy atom. The van der Waals surface area contributed by atoms with Gasteiger partial charge in [-0.3, -0.25) is 4.79 Å². The summed E-state index contributed by atoms with van der Waals surface area (Å²) in [4.78, 5) is 32.8. The fourth-order valence-corrected chi connectivity index (χ4v) is 4.68. The number of H-pyrrole nitrogens is 1. The predicted octanol–water partition coefficient (Wildman–Crippen LogP) is 5.08. The Balaban J connectivity index is 1.86. The largest absolute Gasteiger partial charge is 0.497 e. The number of para-hydroxylation sites is 1. The van der Waals surface area contributed by atoms with Crippen molar-refractivity contribution >= 4 is 33.7 Å². The lowest BCUT2D eigenvalue weighted by molar-refractivity contribution is -0.116. The van der Waals surface area contributed by atoms with Gasteiger partial charge in [0.25, 0.3) is 0 Å². The summed E-state index contributed by atoms with van der Waals surface area (Å²) in [6.45, 7) is 0. The molecule has 8 heteroatoms. The van der Waals surface area contributed by atoms with Gasteiger partial charge in [0.2, 0.25) is 5.88 Å². The summed E-state index contributed by atoms with van der Waals surface area (Å²) in [6, 6.07) is 13.2. The number of nitrogens with two attached hydrogens (primary N) is 1. The van der Waals surface area contributed by atoms with Crippen molar-refractivity contribution < 1.29 is 23.8 Å². The van der Waals surface area contributed by atoms with Gasteiger partial charge in [-0.15, -0.1) is 0 Å². The smallest absolute Gasteiger partial charge is 0.411 e. The molecule has 0 unspecified atom stereocenters. The van der Waals surface area contributed by atoms with Gasteiger partial charge in [-0.2, -0.15) is 0 Å². The van der Waals surface area contributed by atoms with E-state index in [1.54, 1.807) is 26.4 Å². The molecule has 2 aromatic carbocycles. The van der Waals surface area contributed by atoms with Crippen LogP contribution in [0.1, 0.15) is 24.8 Å². The summed E-state index contributed by atoms with van der Waals surface area (Å²) in [7, 11) is 3.15. The minimum Gasteiger partial charge on any atom is -0.497 e. The summed E-state index contributed by atoms with van der Waals surface area (Å²) in [5.41, 5.74) is 9.53. The molecule has 5 rings (SSSR count). The highest BCUT2D eigenvalue weighted by molar-refractivity contribution is 6.14. The number of methoxy groups -OCH3 is 2. The van der Waals surface area contributed by atoms with Crippen molar-refractivity contribution in [3.63, 3.8) is 0 Å². The second-order valence-electron chi connectivity index (χ2n) is 8.37. The first-order valence-electron chi connectivity index (χ1n) is 11.4. The Morgan fingerprint density at radius 3 is 2.71 bits per heavy atom. The highest BCUT2D eigenvalue weighted by Crippen LogP contribution is 2.43. The van der Waals surface area contributed by atoms with Crippen molar-refractivity contribution in [1.82, 2.24) is 9.97 Å². The Kier molecular flexibility index (Phi) is 5.86. The predicted molar refractivity (Wildman–Crippen MR) is 133 cm³/mol. The van der Waals surface area contributed by atoms with Crippen molar-refractivity contribution in [2.24, 2.45) is 5.73 Å². The second kappa shape index (κ2) is 9.13. The van der Waals surface area contributed by atoms with E-state index in [2.05, 4.69) is 4.98 Å². The Labute approximate surface area is 201 Å². The molecule has 0 saturated heterocycles. The lowest BCUT2D eigenvalue weighted by Crippen LogP contribution is -2.19. The van der Waals surface area contributed by atoms with Crippen LogP contribution >= 0.6 is 0 Å². The number of hydrogen-bond acceptors (Lipinski definition) is 6. The van der Waals surface area contributed by atoms with E-state index in [1.807, 2.05) is 36.4 Å². The van der Waals surface area contributed by atoms with E-state index in [-0.39, 0.29) is 18.1 Å². The quantitative estimate of drug-likeness (QED) is 0.405. The number of aromatic amines is 1. The molecular weight excluding hydrogens is 446 g/mol. The SMILES string of the molecule is COc1ccc(OC)c(-c2nc(OC(N)=O)c(CC3=CCCCC3=O)c3c2[nH]c2ccccc23)c1. The van der Waals surface area contributed by atoms with Crippen LogP contribution in [0.2, 0.25) is 0 Å². The molecule has 3 N–H and O–H groups in total. The summed E-state index contributed by atoms with van der Waals surface area (Å²) >= 11 is 0. The number of ketones is 1. The van der Waals surface area contributed by atoms with E-state index < -0.39 is 6.09 Å². The van der Waals surface area contributed by atoms with Crippen LogP contribution in [0.3, 0.4) is 0 Å². The van der Waals surface area contributed by atoms with Crippen LogP contribution in [0.4, 0.5) is 4.79 Å².